The molecule has 1 aliphatic carbocycles. The van der Waals surface area contributed by atoms with Gasteiger partial charge >= 0.3 is 0 Å². The molecule has 0 unspecified atom stereocenters. The summed E-state index contributed by atoms with van der Waals surface area (Å²) in [6.07, 6.45) is 6.87. The lowest BCUT2D eigenvalue weighted by Gasteiger charge is -2.35. The zero-order valence-corrected chi connectivity index (χ0v) is 38.5. The number of aryl methyl sites for hydroxylation is 3. The quantitative estimate of drug-likeness (QED) is 0.0582. The molecule has 0 spiro atoms. The van der Waals surface area contributed by atoms with Crippen molar-refractivity contribution in [3.63, 3.8) is 0 Å². The van der Waals surface area contributed by atoms with Gasteiger partial charge in [0, 0.05) is 118 Å². The van der Waals surface area contributed by atoms with E-state index in [1.807, 2.05) is 25.4 Å². The summed E-state index contributed by atoms with van der Waals surface area (Å²) in [6.45, 7) is 9.26. The Bertz CT molecular complexity index is 2940. The molecule has 10 rings (SSSR count). The van der Waals surface area contributed by atoms with Crippen LogP contribution in [0.2, 0.25) is 0 Å². The molecule has 328 valence electrons. The molecule has 3 aromatic carbocycles. The molecule has 6 heterocycles. The third-order valence-corrected chi connectivity index (χ3v) is 15.3. The standard InChI is InChI=1S/C52H56N8O2S2/c1-4-60-45-19-8-33(28-53-3)23-44(45)42-18-12-37(27-46(42)60)47-24-34(31-63-47)9-20-48(61)54-21-5-6-22-55-49-43-17-7-32(2)56-52(43)64-50(49)51(62)58-38-13-10-36-26-41(16-11-35(36)25-38)59-29-39-14-15-40(30-59)57-39/h7-8,11-12,16-19,23-24,26-27,31,38-40,53,55,57H,4-6,10,13-15,21-22,25,28-30H2,1-3H3,(H,54,61)(H,58,62)/t38-,39-,40+/m0/s1. The van der Waals surface area contributed by atoms with Crippen molar-refractivity contribution in [3.05, 3.63) is 111 Å². The Morgan fingerprint density at radius 1 is 0.891 bits per heavy atom. The van der Waals surface area contributed by atoms with Gasteiger partial charge in [0.15, 0.2) is 0 Å². The molecule has 64 heavy (non-hydrogen) atoms. The largest absolute Gasteiger partial charge is 0.383 e. The Balaban J connectivity index is 0.718. The Morgan fingerprint density at radius 2 is 1.73 bits per heavy atom. The summed E-state index contributed by atoms with van der Waals surface area (Å²) in [5.74, 6) is 5.53. The van der Waals surface area contributed by atoms with Crippen molar-refractivity contribution < 1.29 is 9.59 Å². The maximum Gasteiger partial charge on any atom is 0.296 e. The molecule has 0 radical (unpaired) electrons. The Labute approximate surface area is 383 Å². The SMILES string of the molecule is CCn1c2ccc(CNC)cc2c2ccc(-c3cc(C#CC(=O)NCCCCNc4c(C(=O)N[C@H]5CCc6cc(N7C[C@H]8CC[C@@H](C7)N8)ccc6C5)sc5nc(C)ccc45)cs3)cc21. The van der Waals surface area contributed by atoms with Gasteiger partial charge in [0.1, 0.15) is 9.71 Å². The first-order valence-corrected chi connectivity index (χ1v) is 24.7. The predicted molar refractivity (Wildman–Crippen MR) is 265 cm³/mol. The number of thiophene rings is 2. The highest BCUT2D eigenvalue weighted by Crippen LogP contribution is 2.37. The molecule has 5 N–H and O–H groups in total. The van der Waals surface area contributed by atoms with Crippen molar-refractivity contribution >= 4 is 77.9 Å². The van der Waals surface area contributed by atoms with E-state index in [9.17, 15) is 9.59 Å². The van der Waals surface area contributed by atoms with Crippen LogP contribution in [0, 0.1) is 18.8 Å². The number of carbonyl (C=O) groups excluding carboxylic acids is 2. The van der Waals surface area contributed by atoms with Crippen LogP contribution >= 0.6 is 22.7 Å². The number of nitrogens with one attached hydrogen (secondary N) is 5. The van der Waals surface area contributed by atoms with E-state index in [2.05, 4.69) is 122 Å². The first kappa shape index (κ1) is 42.3. The lowest BCUT2D eigenvalue weighted by atomic mass is 9.87. The van der Waals surface area contributed by atoms with Crippen LogP contribution in [0.1, 0.15) is 76.6 Å². The summed E-state index contributed by atoms with van der Waals surface area (Å²) in [5.41, 5.74) is 11.6. The van der Waals surface area contributed by atoms with E-state index in [0.29, 0.717) is 30.1 Å². The smallest absolute Gasteiger partial charge is 0.296 e. The van der Waals surface area contributed by atoms with Crippen LogP contribution in [0.3, 0.4) is 0 Å². The van der Waals surface area contributed by atoms with Crippen LogP contribution in [0.4, 0.5) is 11.4 Å². The number of aromatic nitrogens is 2. The number of benzene rings is 3. The number of anilines is 2. The number of rotatable bonds is 13. The highest BCUT2D eigenvalue weighted by molar-refractivity contribution is 7.21. The number of carbonyl (C=O) groups is 2. The molecule has 0 saturated carbocycles. The summed E-state index contributed by atoms with van der Waals surface area (Å²) >= 11 is 3.10. The van der Waals surface area contributed by atoms with E-state index in [1.165, 1.54) is 68.4 Å². The number of hydrogen-bond donors (Lipinski definition) is 5. The average Bonchev–Trinajstić information content (AvgIpc) is 4.09. The van der Waals surface area contributed by atoms with Gasteiger partial charge < -0.3 is 36.1 Å². The van der Waals surface area contributed by atoms with Gasteiger partial charge in [-0.3, -0.25) is 9.59 Å². The molecule has 2 amide bonds. The van der Waals surface area contributed by atoms with Gasteiger partial charge in [-0.2, -0.15) is 0 Å². The molecule has 4 aromatic heterocycles. The van der Waals surface area contributed by atoms with E-state index in [-0.39, 0.29) is 17.9 Å². The Hall–Kier alpha value is -5.71. The van der Waals surface area contributed by atoms with Crippen molar-refractivity contribution in [3.8, 4) is 22.3 Å². The first-order chi connectivity index (χ1) is 31.3. The van der Waals surface area contributed by atoms with E-state index < -0.39 is 0 Å². The zero-order chi connectivity index (χ0) is 43.7. The van der Waals surface area contributed by atoms with Crippen LogP contribution in [-0.2, 0) is 30.7 Å². The van der Waals surface area contributed by atoms with Crippen LogP contribution in [0.25, 0.3) is 42.5 Å². The summed E-state index contributed by atoms with van der Waals surface area (Å²) in [5, 5.41) is 22.5. The molecule has 2 saturated heterocycles. The normalized spacial score (nSPS) is 18.0. The van der Waals surface area contributed by atoms with Gasteiger partial charge in [-0.05, 0) is 137 Å². The van der Waals surface area contributed by atoms with E-state index in [0.717, 1.165) is 95.9 Å². The van der Waals surface area contributed by atoms with Gasteiger partial charge in [-0.25, -0.2) is 4.98 Å². The van der Waals surface area contributed by atoms with E-state index >= 15 is 0 Å². The average molecular weight is 889 g/mol. The zero-order valence-electron chi connectivity index (χ0n) is 36.9. The molecule has 7 aromatic rings. The van der Waals surface area contributed by atoms with E-state index in [4.69, 9.17) is 4.98 Å². The number of unbranched alkanes of at least 4 members (excludes halogenated alkanes) is 1. The highest BCUT2D eigenvalue weighted by Gasteiger charge is 2.33. The van der Waals surface area contributed by atoms with Gasteiger partial charge in [-0.15, -0.1) is 22.7 Å². The maximum absolute atomic E-state index is 14.0. The molecular formula is C52H56N8O2S2. The summed E-state index contributed by atoms with van der Waals surface area (Å²) in [6, 6.07) is 27.8. The number of amides is 2. The predicted octanol–water partition coefficient (Wildman–Crippen LogP) is 8.77. The number of pyridine rings is 1. The lowest BCUT2D eigenvalue weighted by Crippen LogP contribution is -2.51. The van der Waals surface area contributed by atoms with Crippen molar-refractivity contribution in [1.82, 2.24) is 30.8 Å². The fourth-order valence-electron chi connectivity index (χ4n) is 10.1. The molecule has 10 nitrogen and oxygen atoms in total. The van der Waals surface area contributed by atoms with Gasteiger partial charge in [0.05, 0.1) is 5.69 Å². The third-order valence-electron chi connectivity index (χ3n) is 13.3. The monoisotopic (exact) mass is 888 g/mol. The number of piperazine rings is 1. The molecule has 2 fully saturated rings. The molecule has 3 atom stereocenters. The number of fused-ring (bicyclic) bond motifs is 7. The van der Waals surface area contributed by atoms with Crippen molar-refractivity contribution in [2.45, 2.75) is 90.0 Å². The second-order valence-corrected chi connectivity index (χ2v) is 19.6. The van der Waals surface area contributed by atoms with E-state index in [1.54, 1.807) is 11.3 Å². The fraction of sp³-hybridized carbons (Fsp3) is 0.365. The third kappa shape index (κ3) is 8.74. The highest BCUT2D eigenvalue weighted by atomic mass is 32.1. The van der Waals surface area contributed by atoms with Crippen LogP contribution in [0.15, 0.2) is 78.2 Å². The Kier molecular flexibility index (Phi) is 12.2. The minimum absolute atomic E-state index is 0.0477. The minimum atomic E-state index is -0.284. The first-order valence-electron chi connectivity index (χ1n) is 23.0. The van der Waals surface area contributed by atoms with Gasteiger partial charge in [-0.1, -0.05) is 30.2 Å². The molecule has 2 bridgehead atoms. The number of hydrogen-bond acceptors (Lipinski definition) is 9. The topological polar surface area (TPSA) is 115 Å². The molecule has 3 aliphatic rings. The molecule has 12 heteroatoms. The fourth-order valence-corrected chi connectivity index (χ4v) is 12.0. The van der Waals surface area contributed by atoms with Crippen molar-refractivity contribution in [1.29, 1.82) is 0 Å². The lowest BCUT2D eigenvalue weighted by molar-refractivity contribution is -0.115. The second-order valence-electron chi connectivity index (χ2n) is 17.7. The minimum Gasteiger partial charge on any atom is -0.383 e. The maximum atomic E-state index is 14.0. The van der Waals surface area contributed by atoms with Crippen LogP contribution in [0.5, 0.6) is 0 Å². The second kappa shape index (κ2) is 18.4. The molecular weight excluding hydrogens is 833 g/mol. The van der Waals surface area contributed by atoms with Crippen LogP contribution < -0.4 is 31.5 Å². The molecule has 2 aliphatic heterocycles. The van der Waals surface area contributed by atoms with Gasteiger partial charge in [0.2, 0.25) is 0 Å². The summed E-state index contributed by atoms with van der Waals surface area (Å²) in [4.78, 5) is 36.7. The number of nitrogens with zero attached hydrogens (tertiary/aromatic N) is 3. The summed E-state index contributed by atoms with van der Waals surface area (Å²) in [7, 11) is 1.98. The van der Waals surface area contributed by atoms with Crippen molar-refractivity contribution in [2.24, 2.45) is 0 Å². The Morgan fingerprint density at radius 3 is 2.58 bits per heavy atom. The summed E-state index contributed by atoms with van der Waals surface area (Å²) < 4.78 is 2.38. The van der Waals surface area contributed by atoms with Crippen molar-refractivity contribution in [2.75, 3.05) is 43.4 Å². The van der Waals surface area contributed by atoms with Gasteiger partial charge in [0.25, 0.3) is 11.8 Å². The van der Waals surface area contributed by atoms with Crippen LogP contribution in [-0.4, -0.2) is 72.7 Å².